The molecule has 0 aliphatic heterocycles. The van der Waals surface area contributed by atoms with E-state index in [4.69, 9.17) is 0 Å². The predicted molar refractivity (Wildman–Crippen MR) is 60.6 cm³/mol. The first-order valence-corrected chi connectivity index (χ1v) is 5.05. The Labute approximate surface area is 82.1 Å². The van der Waals surface area contributed by atoms with Gasteiger partial charge in [-0.3, -0.25) is 4.99 Å². The van der Waals surface area contributed by atoms with Gasteiger partial charge in [-0.1, -0.05) is 20.3 Å². The van der Waals surface area contributed by atoms with Gasteiger partial charge in [0, 0.05) is 17.5 Å². The first-order chi connectivity index (χ1) is 5.45. The molecule has 0 radical (unpaired) electrons. The number of hydrogen-bond acceptors (Lipinski definition) is 2. The summed E-state index contributed by atoms with van der Waals surface area (Å²) in [4.78, 5) is 4.12. The Morgan fingerprint density at radius 1 is 1.33 bits per heavy atom. The second kappa shape index (κ2) is 5.63. The van der Waals surface area contributed by atoms with Crippen LogP contribution in [0.15, 0.2) is 4.99 Å². The van der Waals surface area contributed by atoms with E-state index in [0.29, 0.717) is 0 Å². The Morgan fingerprint density at radius 2 is 1.92 bits per heavy atom. The molecule has 0 amide bonds. The summed E-state index contributed by atoms with van der Waals surface area (Å²) in [6, 6.07) is 0. The third-order valence-electron chi connectivity index (χ3n) is 1.96. The molecule has 0 spiro atoms. The number of rotatable bonds is 5. The van der Waals surface area contributed by atoms with E-state index in [1.165, 1.54) is 25.0 Å². The van der Waals surface area contributed by atoms with Gasteiger partial charge in [0.15, 0.2) is 0 Å². The minimum Gasteiger partial charge on any atom is -0.298 e. The van der Waals surface area contributed by atoms with Crippen LogP contribution in [0.2, 0.25) is 0 Å². The fraction of sp³-hybridized carbons (Fsp3) is 0.900. The molecule has 2 heteroatoms. The van der Waals surface area contributed by atoms with Crippen LogP contribution in [-0.2, 0) is 0 Å². The van der Waals surface area contributed by atoms with Crippen molar-refractivity contribution in [1.29, 1.82) is 0 Å². The SMILES string of the molecule is CN=C(C)CCCCC(C)(C)S. The summed E-state index contributed by atoms with van der Waals surface area (Å²) in [6.07, 6.45) is 4.82. The summed E-state index contributed by atoms with van der Waals surface area (Å²) in [5, 5.41) is 0. The van der Waals surface area contributed by atoms with Gasteiger partial charge in [0.25, 0.3) is 0 Å². The Morgan fingerprint density at radius 3 is 2.33 bits per heavy atom. The van der Waals surface area contributed by atoms with E-state index in [0.717, 1.165) is 6.42 Å². The van der Waals surface area contributed by atoms with Crippen LogP contribution < -0.4 is 0 Å². The Kier molecular flexibility index (Phi) is 5.64. The van der Waals surface area contributed by atoms with Crippen molar-refractivity contribution in [3.8, 4) is 0 Å². The van der Waals surface area contributed by atoms with Gasteiger partial charge < -0.3 is 0 Å². The van der Waals surface area contributed by atoms with Gasteiger partial charge in [-0.15, -0.1) is 0 Å². The Hall–Kier alpha value is 0.0200. The second-order valence-corrected chi connectivity index (χ2v) is 5.19. The molecule has 0 aliphatic carbocycles. The smallest absolute Gasteiger partial charge is 0.0276 e. The number of unbranched alkanes of at least 4 members (excludes halogenated alkanes) is 1. The van der Waals surface area contributed by atoms with E-state index in [1.54, 1.807) is 0 Å². The molecule has 0 unspecified atom stereocenters. The van der Waals surface area contributed by atoms with E-state index >= 15 is 0 Å². The summed E-state index contributed by atoms with van der Waals surface area (Å²) in [5.74, 6) is 0. The molecule has 0 fully saturated rings. The van der Waals surface area contributed by atoms with Gasteiger partial charge >= 0.3 is 0 Å². The highest BCUT2D eigenvalue weighted by atomic mass is 32.1. The molecule has 72 valence electrons. The summed E-state index contributed by atoms with van der Waals surface area (Å²) in [6.45, 7) is 6.42. The molecule has 0 bridgehead atoms. The number of hydrogen-bond donors (Lipinski definition) is 1. The maximum absolute atomic E-state index is 4.47. The lowest BCUT2D eigenvalue weighted by Gasteiger charge is -2.16. The monoisotopic (exact) mass is 187 g/mol. The van der Waals surface area contributed by atoms with Gasteiger partial charge in [0.2, 0.25) is 0 Å². The van der Waals surface area contributed by atoms with Crippen molar-refractivity contribution in [2.75, 3.05) is 7.05 Å². The average Bonchev–Trinajstić information content (AvgIpc) is 1.96. The molecule has 0 saturated carbocycles. The maximum Gasteiger partial charge on any atom is 0.0276 e. The number of aliphatic imine (C=N–C) groups is 1. The predicted octanol–water partition coefficient (Wildman–Crippen LogP) is 3.35. The second-order valence-electron chi connectivity index (χ2n) is 3.98. The van der Waals surface area contributed by atoms with E-state index in [1.807, 2.05) is 7.05 Å². The molecule has 0 aliphatic rings. The molecule has 0 heterocycles. The largest absolute Gasteiger partial charge is 0.298 e. The van der Waals surface area contributed by atoms with Crippen LogP contribution in [0.4, 0.5) is 0 Å². The zero-order valence-corrected chi connectivity index (χ0v) is 9.62. The van der Waals surface area contributed by atoms with Gasteiger partial charge in [-0.25, -0.2) is 0 Å². The van der Waals surface area contributed by atoms with Crippen LogP contribution in [0.3, 0.4) is 0 Å². The third-order valence-corrected chi connectivity index (χ3v) is 2.18. The first-order valence-electron chi connectivity index (χ1n) is 4.60. The van der Waals surface area contributed by atoms with Crippen LogP contribution in [0.5, 0.6) is 0 Å². The zero-order valence-electron chi connectivity index (χ0n) is 8.72. The Bertz CT molecular complexity index is 144. The molecule has 0 saturated heterocycles. The fourth-order valence-corrected chi connectivity index (χ4v) is 1.21. The van der Waals surface area contributed by atoms with E-state index in [9.17, 15) is 0 Å². The molecule has 1 nitrogen and oxygen atoms in total. The minimum absolute atomic E-state index is 0.192. The lowest BCUT2D eigenvalue weighted by Crippen LogP contribution is -2.09. The van der Waals surface area contributed by atoms with Gasteiger partial charge in [0.1, 0.15) is 0 Å². The molecule has 0 N–H and O–H groups in total. The van der Waals surface area contributed by atoms with Crippen LogP contribution in [0.1, 0.15) is 46.5 Å². The van der Waals surface area contributed by atoms with Crippen molar-refractivity contribution < 1.29 is 0 Å². The summed E-state index contributed by atoms with van der Waals surface area (Å²) in [5.41, 5.74) is 1.26. The first kappa shape index (κ1) is 12.0. The topological polar surface area (TPSA) is 12.4 Å². The van der Waals surface area contributed by atoms with Crippen molar-refractivity contribution in [3.05, 3.63) is 0 Å². The average molecular weight is 187 g/mol. The molecule has 0 atom stereocenters. The fourth-order valence-electron chi connectivity index (χ4n) is 1.05. The number of nitrogens with zero attached hydrogens (tertiary/aromatic N) is 1. The van der Waals surface area contributed by atoms with Gasteiger partial charge in [-0.05, 0) is 26.2 Å². The molecule has 0 aromatic heterocycles. The molecule has 12 heavy (non-hydrogen) atoms. The van der Waals surface area contributed by atoms with Crippen LogP contribution >= 0.6 is 12.6 Å². The van der Waals surface area contributed by atoms with E-state index < -0.39 is 0 Å². The maximum atomic E-state index is 4.47. The molecular formula is C10H21NS. The van der Waals surface area contributed by atoms with Crippen molar-refractivity contribution in [2.24, 2.45) is 4.99 Å². The highest BCUT2D eigenvalue weighted by Gasteiger charge is 2.09. The molecule has 0 rings (SSSR count). The lowest BCUT2D eigenvalue weighted by atomic mass is 10.0. The van der Waals surface area contributed by atoms with Crippen LogP contribution in [0.25, 0.3) is 0 Å². The molecular weight excluding hydrogens is 166 g/mol. The quantitative estimate of drug-likeness (QED) is 0.385. The van der Waals surface area contributed by atoms with Crippen molar-refractivity contribution in [1.82, 2.24) is 0 Å². The number of thiol groups is 1. The lowest BCUT2D eigenvalue weighted by molar-refractivity contribution is 0.588. The molecule has 0 aromatic rings. The summed E-state index contributed by atoms with van der Waals surface area (Å²) in [7, 11) is 1.86. The molecule has 0 aromatic carbocycles. The van der Waals surface area contributed by atoms with E-state index in [-0.39, 0.29) is 4.75 Å². The van der Waals surface area contributed by atoms with Crippen molar-refractivity contribution >= 4 is 18.3 Å². The van der Waals surface area contributed by atoms with Crippen LogP contribution in [-0.4, -0.2) is 17.5 Å². The van der Waals surface area contributed by atoms with Gasteiger partial charge in [0.05, 0.1) is 0 Å². The Balaban J connectivity index is 3.34. The van der Waals surface area contributed by atoms with E-state index in [2.05, 4.69) is 38.4 Å². The van der Waals surface area contributed by atoms with Crippen LogP contribution in [0, 0.1) is 0 Å². The van der Waals surface area contributed by atoms with Crippen molar-refractivity contribution in [2.45, 2.75) is 51.2 Å². The van der Waals surface area contributed by atoms with Crippen molar-refractivity contribution in [3.63, 3.8) is 0 Å². The minimum atomic E-state index is 0.192. The highest BCUT2D eigenvalue weighted by Crippen LogP contribution is 2.20. The van der Waals surface area contributed by atoms with Gasteiger partial charge in [-0.2, -0.15) is 12.6 Å². The zero-order chi connectivity index (χ0) is 9.61. The highest BCUT2D eigenvalue weighted by molar-refractivity contribution is 7.81. The normalized spacial score (nSPS) is 13.6. The standard InChI is InChI=1S/C10H21NS/c1-9(11-4)7-5-6-8-10(2,3)12/h12H,5-8H2,1-4H3. The summed E-state index contributed by atoms with van der Waals surface area (Å²) >= 11 is 4.47. The summed E-state index contributed by atoms with van der Waals surface area (Å²) < 4.78 is 0.192. The third kappa shape index (κ3) is 8.12.